The summed E-state index contributed by atoms with van der Waals surface area (Å²) in [6, 6.07) is 13.9. The molecule has 29 heavy (non-hydrogen) atoms. The van der Waals surface area contributed by atoms with Crippen LogP contribution in [0.1, 0.15) is 25.3 Å². The quantitative estimate of drug-likeness (QED) is 0.665. The molecule has 1 aromatic heterocycles. The topological polar surface area (TPSA) is 92.4 Å². The van der Waals surface area contributed by atoms with E-state index in [1.54, 1.807) is 55.5 Å². The highest BCUT2D eigenvalue weighted by molar-refractivity contribution is 6.33. The number of carbonyl (C=O) groups excluding carboxylic acids is 2. The zero-order valence-electron chi connectivity index (χ0n) is 15.6. The second-order valence-corrected chi connectivity index (χ2v) is 7.31. The molecule has 1 saturated heterocycles. The monoisotopic (exact) mass is 411 g/mol. The minimum absolute atomic E-state index is 0.0401. The van der Waals surface area contributed by atoms with Gasteiger partial charge in [-0.2, -0.15) is 0 Å². The molecule has 0 saturated carbocycles. The second-order valence-electron chi connectivity index (χ2n) is 6.90. The molecule has 0 spiro atoms. The van der Waals surface area contributed by atoms with Crippen molar-refractivity contribution in [2.24, 2.45) is 5.92 Å². The SMILES string of the molecule is CC(OC(=O)C1CC(=O)N(c2ccccc2Cl)C1)c1nc2ccccc2c(=O)[nH]1. The van der Waals surface area contributed by atoms with Crippen LogP contribution in [0.2, 0.25) is 5.02 Å². The van der Waals surface area contributed by atoms with Gasteiger partial charge in [0.05, 0.1) is 27.5 Å². The Morgan fingerprint density at radius 2 is 1.93 bits per heavy atom. The van der Waals surface area contributed by atoms with Crippen molar-refractivity contribution in [3.63, 3.8) is 0 Å². The van der Waals surface area contributed by atoms with Crippen LogP contribution in [0.3, 0.4) is 0 Å². The van der Waals surface area contributed by atoms with Crippen LogP contribution in [0.5, 0.6) is 0 Å². The summed E-state index contributed by atoms with van der Waals surface area (Å²) in [6.45, 7) is 1.82. The van der Waals surface area contributed by atoms with Gasteiger partial charge < -0.3 is 14.6 Å². The number of para-hydroxylation sites is 2. The third kappa shape index (κ3) is 3.73. The Morgan fingerprint density at radius 1 is 1.21 bits per heavy atom. The summed E-state index contributed by atoms with van der Waals surface area (Å²) in [4.78, 5) is 45.8. The van der Waals surface area contributed by atoms with E-state index in [2.05, 4.69) is 9.97 Å². The van der Waals surface area contributed by atoms with Crippen molar-refractivity contribution in [1.82, 2.24) is 9.97 Å². The lowest BCUT2D eigenvalue weighted by molar-refractivity contribution is -0.153. The number of aromatic nitrogens is 2. The zero-order chi connectivity index (χ0) is 20.5. The highest BCUT2D eigenvalue weighted by Gasteiger charge is 2.37. The molecular formula is C21H18ClN3O4. The maximum Gasteiger partial charge on any atom is 0.311 e. The van der Waals surface area contributed by atoms with Gasteiger partial charge in [-0.3, -0.25) is 14.4 Å². The predicted molar refractivity (Wildman–Crippen MR) is 109 cm³/mol. The standard InChI is InChI=1S/C21H18ClN3O4/c1-12(19-23-16-8-4-2-6-14(16)20(27)24-19)29-21(28)13-10-18(26)25(11-13)17-9-5-3-7-15(17)22/h2-9,12-13H,10-11H2,1H3,(H,23,24,27). The van der Waals surface area contributed by atoms with Crippen molar-refractivity contribution in [2.75, 3.05) is 11.4 Å². The Kier molecular flexibility index (Phi) is 5.07. The molecule has 8 heteroatoms. The van der Waals surface area contributed by atoms with Crippen LogP contribution in [-0.2, 0) is 14.3 Å². The van der Waals surface area contributed by atoms with E-state index in [1.165, 1.54) is 4.90 Å². The third-order valence-corrected chi connectivity index (χ3v) is 5.23. The van der Waals surface area contributed by atoms with Crippen molar-refractivity contribution in [3.8, 4) is 0 Å². The Bertz CT molecular complexity index is 1160. The van der Waals surface area contributed by atoms with Crippen molar-refractivity contribution >= 4 is 40.1 Å². The summed E-state index contributed by atoms with van der Waals surface area (Å²) in [5, 5.41) is 0.910. The molecule has 1 fully saturated rings. The Hall–Kier alpha value is -3.19. The van der Waals surface area contributed by atoms with Crippen molar-refractivity contribution in [1.29, 1.82) is 0 Å². The molecule has 2 aromatic carbocycles. The van der Waals surface area contributed by atoms with Crippen LogP contribution >= 0.6 is 11.6 Å². The number of carbonyl (C=O) groups is 2. The number of aromatic amines is 1. The molecular weight excluding hydrogens is 394 g/mol. The lowest BCUT2D eigenvalue weighted by atomic mass is 10.1. The number of hydrogen-bond donors (Lipinski definition) is 1. The van der Waals surface area contributed by atoms with Gasteiger partial charge in [0.2, 0.25) is 5.91 Å². The number of benzene rings is 2. The average Bonchev–Trinajstić information content (AvgIpc) is 3.10. The Morgan fingerprint density at radius 3 is 2.72 bits per heavy atom. The Labute approximate surface area is 171 Å². The molecule has 1 amide bonds. The maximum absolute atomic E-state index is 12.6. The first-order chi connectivity index (χ1) is 13.9. The third-order valence-electron chi connectivity index (χ3n) is 4.91. The van der Waals surface area contributed by atoms with Gasteiger partial charge in [0.1, 0.15) is 0 Å². The highest BCUT2D eigenvalue weighted by Crippen LogP contribution is 2.32. The first-order valence-corrected chi connectivity index (χ1v) is 9.56. The largest absolute Gasteiger partial charge is 0.454 e. The summed E-state index contributed by atoms with van der Waals surface area (Å²) in [6.07, 6.45) is -0.720. The predicted octanol–water partition coefficient (Wildman–Crippen LogP) is 3.23. The number of nitrogens with zero attached hydrogens (tertiary/aromatic N) is 2. The summed E-state index contributed by atoms with van der Waals surface area (Å²) in [5.74, 6) is -1.07. The van der Waals surface area contributed by atoms with Crippen LogP contribution < -0.4 is 10.5 Å². The molecule has 1 aliphatic rings. The fourth-order valence-corrected chi connectivity index (χ4v) is 3.63. The van der Waals surface area contributed by atoms with E-state index in [-0.39, 0.29) is 30.3 Å². The molecule has 2 atom stereocenters. The molecule has 1 aliphatic heterocycles. The van der Waals surface area contributed by atoms with Gasteiger partial charge in [-0.05, 0) is 31.2 Å². The van der Waals surface area contributed by atoms with Crippen LogP contribution in [0.25, 0.3) is 10.9 Å². The van der Waals surface area contributed by atoms with Gasteiger partial charge in [0, 0.05) is 13.0 Å². The lowest BCUT2D eigenvalue weighted by Gasteiger charge is -2.18. The van der Waals surface area contributed by atoms with Crippen molar-refractivity contribution in [2.45, 2.75) is 19.4 Å². The molecule has 4 rings (SSSR count). The zero-order valence-corrected chi connectivity index (χ0v) is 16.3. The average molecular weight is 412 g/mol. The maximum atomic E-state index is 12.6. The van der Waals surface area contributed by atoms with Crippen LogP contribution in [-0.4, -0.2) is 28.4 Å². The molecule has 0 bridgehead atoms. The summed E-state index contributed by atoms with van der Waals surface area (Å²) >= 11 is 6.17. The molecule has 2 heterocycles. The molecule has 2 unspecified atom stereocenters. The number of halogens is 1. The number of nitrogens with one attached hydrogen (secondary N) is 1. The number of fused-ring (bicyclic) bond motifs is 1. The smallest absolute Gasteiger partial charge is 0.311 e. The van der Waals surface area contributed by atoms with Gasteiger partial charge in [-0.1, -0.05) is 35.9 Å². The van der Waals surface area contributed by atoms with Crippen molar-refractivity contribution in [3.05, 3.63) is 69.7 Å². The summed E-state index contributed by atoms with van der Waals surface area (Å²) < 4.78 is 5.50. The Balaban J connectivity index is 1.49. The van der Waals surface area contributed by atoms with Gasteiger partial charge >= 0.3 is 5.97 Å². The van der Waals surface area contributed by atoms with Crippen molar-refractivity contribution < 1.29 is 14.3 Å². The fraction of sp³-hybridized carbons (Fsp3) is 0.238. The van der Waals surface area contributed by atoms with E-state index in [4.69, 9.17) is 16.3 Å². The van der Waals surface area contributed by atoms with Gasteiger partial charge in [-0.25, -0.2) is 4.98 Å². The number of amides is 1. The van der Waals surface area contributed by atoms with Gasteiger partial charge in [-0.15, -0.1) is 0 Å². The second kappa shape index (κ2) is 7.67. The molecule has 148 valence electrons. The van der Waals surface area contributed by atoms with E-state index in [9.17, 15) is 14.4 Å². The van der Waals surface area contributed by atoms with Crippen LogP contribution in [0.4, 0.5) is 5.69 Å². The number of rotatable bonds is 4. The number of ether oxygens (including phenoxy) is 1. The molecule has 0 radical (unpaired) electrons. The van der Waals surface area contributed by atoms with E-state index >= 15 is 0 Å². The van der Waals surface area contributed by atoms with E-state index in [0.717, 1.165) is 0 Å². The first kappa shape index (κ1) is 19.1. The molecule has 1 N–H and O–H groups in total. The lowest BCUT2D eigenvalue weighted by Crippen LogP contribution is -2.27. The van der Waals surface area contributed by atoms with E-state index in [0.29, 0.717) is 21.6 Å². The summed E-state index contributed by atoms with van der Waals surface area (Å²) in [5.41, 5.74) is 0.799. The number of H-pyrrole nitrogens is 1. The minimum Gasteiger partial charge on any atom is -0.454 e. The van der Waals surface area contributed by atoms with Gasteiger partial charge in [0.15, 0.2) is 11.9 Å². The fourth-order valence-electron chi connectivity index (χ4n) is 3.39. The minimum atomic E-state index is -0.760. The molecule has 7 nitrogen and oxygen atoms in total. The number of hydrogen-bond acceptors (Lipinski definition) is 5. The highest BCUT2D eigenvalue weighted by atomic mass is 35.5. The normalized spacial score (nSPS) is 17.5. The number of anilines is 1. The van der Waals surface area contributed by atoms with Crippen LogP contribution in [0, 0.1) is 5.92 Å². The van der Waals surface area contributed by atoms with Gasteiger partial charge in [0.25, 0.3) is 5.56 Å². The van der Waals surface area contributed by atoms with E-state index < -0.39 is 18.0 Å². The first-order valence-electron chi connectivity index (χ1n) is 9.18. The summed E-state index contributed by atoms with van der Waals surface area (Å²) in [7, 11) is 0. The van der Waals surface area contributed by atoms with E-state index in [1.807, 2.05) is 0 Å². The van der Waals surface area contributed by atoms with Crippen LogP contribution in [0.15, 0.2) is 53.3 Å². The molecule has 0 aliphatic carbocycles. The molecule has 3 aromatic rings. The number of esters is 1.